The molecule has 0 aliphatic carbocycles. The number of halogens is 1. The molecule has 2 heteroatoms. The molecule has 0 nitrogen and oxygen atoms in total. The molecule has 0 saturated heterocycles. The van der Waals surface area contributed by atoms with Crippen LogP contribution in [-0.2, 0) is 0 Å². The monoisotopic (exact) mass is 284 g/mol. The summed E-state index contributed by atoms with van der Waals surface area (Å²) in [5.41, 5.74) is 2.56. The van der Waals surface area contributed by atoms with Crippen molar-refractivity contribution in [3.8, 4) is 0 Å². The van der Waals surface area contributed by atoms with Gasteiger partial charge in [-0.25, -0.2) is 0 Å². The second-order valence-electron chi connectivity index (χ2n) is 2.60. The van der Waals surface area contributed by atoms with Gasteiger partial charge in [-0.2, -0.15) is 0 Å². The second kappa shape index (κ2) is 3.68. The number of fused-ring (bicyclic) bond motifs is 1. The van der Waals surface area contributed by atoms with Crippen LogP contribution in [0, 0.1) is 0 Å². The van der Waals surface area contributed by atoms with Crippen LogP contribution in [0.5, 0.6) is 0 Å². The van der Waals surface area contributed by atoms with Gasteiger partial charge in [-0.1, -0.05) is 0 Å². The quantitative estimate of drug-likeness (QED) is 0.643. The summed E-state index contributed by atoms with van der Waals surface area (Å²) in [7, 11) is 6.12. The first-order valence-corrected chi connectivity index (χ1v) is 9.94. The van der Waals surface area contributed by atoms with Crippen LogP contribution in [0.25, 0.3) is 12.2 Å². The molecular weight excluding hydrogens is 277 g/mol. The Morgan fingerprint density at radius 3 is 1.92 bits per heavy atom. The van der Waals surface area contributed by atoms with E-state index in [1.54, 1.807) is 0 Å². The fourth-order valence-electron chi connectivity index (χ4n) is 1.17. The Morgan fingerprint density at radius 2 is 1.42 bits per heavy atom. The topological polar surface area (TPSA) is 0 Å². The van der Waals surface area contributed by atoms with Gasteiger partial charge in [0, 0.05) is 0 Å². The minimum atomic E-state index is -1.61. The van der Waals surface area contributed by atoms with Gasteiger partial charge in [-0.15, -0.1) is 0 Å². The van der Waals surface area contributed by atoms with Crippen molar-refractivity contribution in [3.05, 3.63) is 43.4 Å². The first kappa shape index (κ1) is 8.41. The van der Waals surface area contributed by atoms with E-state index in [2.05, 4.69) is 44.5 Å². The van der Waals surface area contributed by atoms with Gasteiger partial charge < -0.3 is 0 Å². The summed E-state index contributed by atoms with van der Waals surface area (Å²) in [4.78, 5) is 0. The van der Waals surface area contributed by atoms with Gasteiger partial charge in [-0.05, 0) is 0 Å². The van der Waals surface area contributed by atoms with Crippen LogP contribution < -0.4 is 0 Å². The van der Waals surface area contributed by atoms with Gasteiger partial charge in [0.25, 0.3) is 0 Å². The molecule has 0 radical (unpaired) electrons. The third kappa shape index (κ3) is 1.76. The van der Waals surface area contributed by atoms with Crippen molar-refractivity contribution in [1.82, 2.24) is 0 Å². The van der Waals surface area contributed by atoms with E-state index < -0.39 is 19.1 Å². The van der Waals surface area contributed by atoms with Crippen LogP contribution in [0.3, 0.4) is 0 Å². The van der Waals surface area contributed by atoms with E-state index in [-0.39, 0.29) is 0 Å². The standard InChI is InChI=1S/C10H8.ClH.Sb/c1-3-9-7-5-6-8-10(9)4-2;;/h1-8H;1H;/q;;+1/p-1. The SMILES string of the molecule is [Cl][Sb]1[CH]=Cc2ccccc2C=[CH]1. The molecule has 0 atom stereocenters. The van der Waals surface area contributed by atoms with E-state index in [1.165, 1.54) is 11.1 Å². The zero-order valence-corrected chi connectivity index (χ0v) is 9.75. The molecule has 0 spiro atoms. The van der Waals surface area contributed by atoms with Gasteiger partial charge in [-0.3, -0.25) is 0 Å². The molecule has 0 bridgehead atoms. The van der Waals surface area contributed by atoms with Crippen LogP contribution >= 0.6 is 8.83 Å². The molecule has 1 heterocycles. The van der Waals surface area contributed by atoms with Crippen molar-refractivity contribution in [3.63, 3.8) is 0 Å². The van der Waals surface area contributed by atoms with Crippen molar-refractivity contribution in [2.75, 3.05) is 0 Å². The Kier molecular flexibility index (Phi) is 2.58. The molecule has 1 aromatic rings. The molecule has 0 amide bonds. The molecule has 12 heavy (non-hydrogen) atoms. The molecule has 0 unspecified atom stereocenters. The summed E-state index contributed by atoms with van der Waals surface area (Å²) in [6, 6.07) is 8.34. The maximum absolute atomic E-state index is 6.12. The van der Waals surface area contributed by atoms with Crippen molar-refractivity contribution in [2.24, 2.45) is 0 Å². The summed E-state index contributed by atoms with van der Waals surface area (Å²) in [5, 5.41) is 0. The molecule has 60 valence electrons. The number of hydrogen-bond acceptors (Lipinski definition) is 0. The zero-order chi connectivity index (χ0) is 8.39. The Hall–Kier alpha value is -0.192. The molecular formula is C10H8ClSb. The maximum atomic E-state index is 6.12. The fourth-order valence-corrected chi connectivity index (χ4v) is 3.94. The molecule has 0 N–H and O–H groups in total. The summed E-state index contributed by atoms with van der Waals surface area (Å²) in [6.07, 6.45) is 4.29. The first-order valence-electron chi connectivity index (χ1n) is 3.76. The van der Waals surface area contributed by atoms with E-state index in [9.17, 15) is 0 Å². The molecule has 0 fully saturated rings. The zero-order valence-electron chi connectivity index (χ0n) is 6.44. The third-order valence-corrected chi connectivity index (χ3v) is 5.78. The average Bonchev–Trinajstić information content (AvgIpc) is 2.29. The van der Waals surface area contributed by atoms with Gasteiger partial charge in [0.2, 0.25) is 0 Å². The van der Waals surface area contributed by atoms with Crippen molar-refractivity contribution in [1.29, 1.82) is 0 Å². The summed E-state index contributed by atoms with van der Waals surface area (Å²) >= 11 is -1.61. The van der Waals surface area contributed by atoms with E-state index in [0.29, 0.717) is 0 Å². The normalized spacial score (nSPS) is 15.8. The van der Waals surface area contributed by atoms with Crippen LogP contribution in [0.2, 0.25) is 0 Å². The average molecular weight is 285 g/mol. The number of benzene rings is 1. The summed E-state index contributed by atoms with van der Waals surface area (Å²) < 4.78 is 4.35. The Labute approximate surface area is 83.2 Å². The Bertz CT molecular complexity index is 308. The fraction of sp³-hybridized carbons (Fsp3) is 0. The molecule has 0 saturated carbocycles. The van der Waals surface area contributed by atoms with Gasteiger partial charge >= 0.3 is 83.5 Å². The first-order chi connectivity index (χ1) is 5.86. The molecule has 1 aliphatic heterocycles. The minimum absolute atomic E-state index is 1.28. The van der Waals surface area contributed by atoms with E-state index in [1.807, 2.05) is 0 Å². The van der Waals surface area contributed by atoms with Gasteiger partial charge in [0.05, 0.1) is 0 Å². The van der Waals surface area contributed by atoms with Gasteiger partial charge in [0.1, 0.15) is 0 Å². The molecule has 2 rings (SSSR count). The van der Waals surface area contributed by atoms with E-state index in [4.69, 9.17) is 8.83 Å². The molecule has 1 aliphatic rings. The van der Waals surface area contributed by atoms with E-state index >= 15 is 0 Å². The predicted molar refractivity (Wildman–Crippen MR) is 56.1 cm³/mol. The van der Waals surface area contributed by atoms with Crippen LogP contribution in [0.15, 0.2) is 32.3 Å². The van der Waals surface area contributed by atoms with Crippen LogP contribution in [-0.4, -0.2) is 19.1 Å². The third-order valence-electron chi connectivity index (χ3n) is 1.79. The van der Waals surface area contributed by atoms with Crippen LogP contribution in [0.1, 0.15) is 11.1 Å². The second-order valence-corrected chi connectivity index (χ2v) is 8.89. The summed E-state index contributed by atoms with van der Waals surface area (Å²) in [5.74, 6) is 0. The van der Waals surface area contributed by atoms with Gasteiger partial charge in [0.15, 0.2) is 0 Å². The van der Waals surface area contributed by atoms with E-state index in [0.717, 1.165) is 0 Å². The summed E-state index contributed by atoms with van der Waals surface area (Å²) in [6.45, 7) is 0. The predicted octanol–water partition coefficient (Wildman–Crippen LogP) is 3.04. The van der Waals surface area contributed by atoms with Crippen LogP contribution in [0.4, 0.5) is 0 Å². The number of rotatable bonds is 0. The molecule has 1 aromatic carbocycles. The van der Waals surface area contributed by atoms with Crippen molar-refractivity contribution < 1.29 is 0 Å². The Morgan fingerprint density at radius 1 is 0.917 bits per heavy atom. The Balaban J connectivity index is 2.52. The van der Waals surface area contributed by atoms with Crippen molar-refractivity contribution in [2.45, 2.75) is 0 Å². The number of hydrogen-bond donors (Lipinski definition) is 0. The molecule has 0 aromatic heterocycles. The van der Waals surface area contributed by atoms with Crippen molar-refractivity contribution >= 4 is 40.0 Å².